The predicted octanol–water partition coefficient (Wildman–Crippen LogP) is 5.03. The van der Waals surface area contributed by atoms with E-state index in [2.05, 4.69) is 36.0 Å². The molecule has 1 saturated carbocycles. The maximum Gasteiger partial charge on any atom is 0.433 e. The molecule has 0 spiro atoms. The number of pyridine rings is 1. The van der Waals surface area contributed by atoms with Crippen molar-refractivity contribution in [2.24, 2.45) is 5.41 Å². The number of fused-ring (bicyclic) bond motifs is 1. The first-order chi connectivity index (χ1) is 21.9. The SMILES string of the molecule is CC1(C)CN(C(=O)c2cc(OC3CCN(C4CC(CC#N)(n5cc(-c6ncnc7[nH]ccc67)cn5)C4)CC3)nc(C(F)(F)F)c2)C1. The Kier molecular flexibility index (Phi) is 7.26. The highest BCUT2D eigenvalue weighted by Crippen LogP contribution is 2.46. The van der Waals surface area contributed by atoms with Gasteiger partial charge in [0.15, 0.2) is 0 Å². The largest absolute Gasteiger partial charge is 0.474 e. The van der Waals surface area contributed by atoms with Crippen LogP contribution in [0.1, 0.15) is 62.0 Å². The second kappa shape index (κ2) is 11.1. The van der Waals surface area contributed by atoms with Gasteiger partial charge in [-0.2, -0.15) is 23.5 Å². The van der Waals surface area contributed by atoms with Crippen LogP contribution in [0.2, 0.25) is 0 Å². The smallest absolute Gasteiger partial charge is 0.433 e. The number of carbonyl (C=O) groups is 1. The minimum Gasteiger partial charge on any atom is -0.474 e. The lowest BCUT2D eigenvalue weighted by Gasteiger charge is -2.52. The number of carbonyl (C=O) groups excluding carboxylic acids is 1. The van der Waals surface area contributed by atoms with Crippen molar-refractivity contribution < 1.29 is 22.7 Å². The van der Waals surface area contributed by atoms with Gasteiger partial charge in [-0.15, -0.1) is 0 Å². The molecule has 7 rings (SSSR count). The molecule has 0 aromatic carbocycles. The average molecular weight is 634 g/mol. The van der Waals surface area contributed by atoms with E-state index in [0.29, 0.717) is 45.4 Å². The van der Waals surface area contributed by atoms with Crippen LogP contribution >= 0.6 is 0 Å². The summed E-state index contributed by atoms with van der Waals surface area (Å²) >= 11 is 0. The molecule has 4 aromatic heterocycles. The Morgan fingerprint density at radius 1 is 1.17 bits per heavy atom. The molecule has 1 N–H and O–H groups in total. The lowest BCUT2D eigenvalue weighted by Crippen LogP contribution is -2.58. The number of rotatable bonds is 7. The number of aromatic nitrogens is 6. The third-order valence-electron chi connectivity index (χ3n) is 9.48. The average Bonchev–Trinajstić information content (AvgIpc) is 3.68. The van der Waals surface area contributed by atoms with Crippen LogP contribution in [0, 0.1) is 16.7 Å². The standard InChI is InChI=1S/C32H34F3N9O2/c1-30(2)17-43(18-30)29(45)20-11-25(32(33,34)35)41-26(12-20)46-23-4-9-42(10-5-23)22-13-31(14-22,6-7-36)44-16-21(15-40-44)27-24-3-8-37-28(24)39-19-38-27/h3,8,11-12,15-16,19,22-23H,4-6,9-10,13-14,17-18H2,1-2H3,(H,37,38,39). The van der Waals surface area contributed by atoms with Crippen molar-refractivity contribution in [3.63, 3.8) is 0 Å². The number of piperidine rings is 1. The molecule has 2 aliphatic heterocycles. The number of H-pyrrole nitrogens is 1. The Bertz CT molecular complexity index is 1800. The van der Waals surface area contributed by atoms with Gasteiger partial charge in [0.05, 0.1) is 29.9 Å². The molecular formula is C32H34F3N9O2. The minimum absolute atomic E-state index is 0.0494. The van der Waals surface area contributed by atoms with Crippen LogP contribution in [0.5, 0.6) is 5.88 Å². The highest BCUT2D eigenvalue weighted by Gasteiger charge is 2.49. The molecule has 1 amide bonds. The third kappa shape index (κ3) is 5.57. The van der Waals surface area contributed by atoms with Crippen LogP contribution in [-0.4, -0.2) is 83.7 Å². The summed E-state index contributed by atoms with van der Waals surface area (Å²) < 4.78 is 48.9. The molecule has 0 bridgehead atoms. The van der Waals surface area contributed by atoms with Crippen LogP contribution in [0.4, 0.5) is 13.2 Å². The van der Waals surface area contributed by atoms with Crippen LogP contribution in [0.25, 0.3) is 22.3 Å². The van der Waals surface area contributed by atoms with Crippen LogP contribution in [-0.2, 0) is 11.7 Å². The number of ether oxygens (including phenoxy) is 1. The van der Waals surface area contributed by atoms with Crippen molar-refractivity contribution >= 4 is 16.9 Å². The Balaban J connectivity index is 0.991. The maximum atomic E-state index is 13.7. The second-order valence-corrected chi connectivity index (χ2v) is 13.5. The summed E-state index contributed by atoms with van der Waals surface area (Å²) in [5.41, 5.74) is 0.707. The van der Waals surface area contributed by atoms with Crippen LogP contribution in [0.15, 0.2) is 43.1 Å². The number of nitrogens with zero attached hydrogens (tertiary/aromatic N) is 8. The van der Waals surface area contributed by atoms with Gasteiger partial charge >= 0.3 is 6.18 Å². The molecule has 11 nitrogen and oxygen atoms in total. The summed E-state index contributed by atoms with van der Waals surface area (Å²) in [5, 5.41) is 15.2. The number of hydrogen-bond acceptors (Lipinski definition) is 8. The van der Waals surface area contributed by atoms with E-state index >= 15 is 0 Å². The van der Waals surface area contributed by atoms with Crippen molar-refractivity contribution in [3.8, 4) is 23.2 Å². The predicted molar refractivity (Wildman–Crippen MR) is 160 cm³/mol. The zero-order valence-electron chi connectivity index (χ0n) is 25.6. The molecule has 0 unspecified atom stereocenters. The Hall–Kier alpha value is -4.51. The number of aromatic amines is 1. The second-order valence-electron chi connectivity index (χ2n) is 13.5. The van der Waals surface area contributed by atoms with Crippen molar-refractivity contribution in [1.82, 2.24) is 39.5 Å². The first-order valence-corrected chi connectivity index (χ1v) is 15.4. The van der Waals surface area contributed by atoms with E-state index in [-0.39, 0.29) is 29.0 Å². The Labute approximate surface area is 263 Å². The number of likely N-dealkylation sites (tertiary alicyclic amines) is 2. The third-order valence-corrected chi connectivity index (χ3v) is 9.48. The van der Waals surface area contributed by atoms with E-state index in [1.54, 1.807) is 11.1 Å². The van der Waals surface area contributed by atoms with Crippen molar-refractivity contribution in [3.05, 3.63) is 54.4 Å². The van der Waals surface area contributed by atoms with Gasteiger partial charge < -0.3 is 14.6 Å². The van der Waals surface area contributed by atoms with E-state index in [4.69, 9.17) is 4.74 Å². The van der Waals surface area contributed by atoms with Gasteiger partial charge in [-0.05, 0) is 43.2 Å². The molecule has 3 aliphatic rings. The van der Waals surface area contributed by atoms with Gasteiger partial charge in [0.25, 0.3) is 5.91 Å². The van der Waals surface area contributed by atoms with Crippen molar-refractivity contribution in [2.75, 3.05) is 26.2 Å². The lowest BCUT2D eigenvalue weighted by molar-refractivity contribution is -0.141. The Morgan fingerprint density at radius 3 is 2.63 bits per heavy atom. The molecule has 0 radical (unpaired) electrons. The summed E-state index contributed by atoms with van der Waals surface area (Å²) in [6, 6.07) is 6.65. The molecule has 0 atom stereocenters. The maximum absolute atomic E-state index is 13.7. The molecule has 14 heteroatoms. The Morgan fingerprint density at radius 2 is 1.93 bits per heavy atom. The zero-order valence-corrected chi connectivity index (χ0v) is 25.6. The molecule has 4 aromatic rings. The first-order valence-electron chi connectivity index (χ1n) is 15.4. The van der Waals surface area contributed by atoms with Gasteiger partial charge in [0, 0.05) is 67.2 Å². The van der Waals surface area contributed by atoms with Crippen LogP contribution < -0.4 is 4.74 Å². The fourth-order valence-corrected chi connectivity index (χ4v) is 7.12. The highest BCUT2D eigenvalue weighted by molar-refractivity contribution is 5.95. The summed E-state index contributed by atoms with van der Waals surface area (Å²) in [7, 11) is 0. The molecule has 1 aliphatic carbocycles. The van der Waals surface area contributed by atoms with Gasteiger partial charge in [-0.3, -0.25) is 14.4 Å². The topological polar surface area (TPSA) is 129 Å². The van der Waals surface area contributed by atoms with E-state index in [1.165, 1.54) is 12.4 Å². The zero-order chi connectivity index (χ0) is 32.3. The molecule has 2 saturated heterocycles. The van der Waals surface area contributed by atoms with Crippen molar-refractivity contribution in [1.29, 1.82) is 5.26 Å². The molecule has 46 heavy (non-hydrogen) atoms. The summed E-state index contributed by atoms with van der Waals surface area (Å²) in [6.07, 6.45) is 5.07. The van der Waals surface area contributed by atoms with E-state index in [9.17, 15) is 23.2 Å². The molecular weight excluding hydrogens is 599 g/mol. The first kappa shape index (κ1) is 30.2. The minimum atomic E-state index is -4.70. The molecule has 6 heterocycles. The monoisotopic (exact) mass is 633 g/mol. The van der Waals surface area contributed by atoms with Gasteiger partial charge in [-0.1, -0.05) is 13.8 Å². The molecule has 240 valence electrons. The quantitative estimate of drug-likeness (QED) is 0.300. The van der Waals surface area contributed by atoms with Crippen molar-refractivity contribution in [2.45, 2.75) is 69.8 Å². The number of hydrogen-bond donors (Lipinski definition) is 1. The van der Waals surface area contributed by atoms with E-state index in [0.717, 1.165) is 41.2 Å². The summed E-state index contributed by atoms with van der Waals surface area (Å²) in [6.45, 7) is 6.38. The normalized spacial score (nSPS) is 23.5. The van der Waals surface area contributed by atoms with Gasteiger partial charge in [0.1, 0.15) is 23.8 Å². The lowest BCUT2D eigenvalue weighted by atomic mass is 9.69. The number of halogens is 3. The number of amides is 1. The van der Waals surface area contributed by atoms with Gasteiger partial charge in [0.2, 0.25) is 5.88 Å². The fourth-order valence-electron chi connectivity index (χ4n) is 7.12. The number of nitriles is 1. The fraction of sp³-hybridized carbons (Fsp3) is 0.500. The van der Waals surface area contributed by atoms with E-state index < -0.39 is 23.3 Å². The summed E-state index contributed by atoms with van der Waals surface area (Å²) in [5.74, 6) is -0.625. The van der Waals surface area contributed by atoms with Gasteiger partial charge in [-0.25, -0.2) is 15.0 Å². The summed E-state index contributed by atoms with van der Waals surface area (Å²) in [4.78, 5) is 32.4. The number of nitrogens with one attached hydrogen (secondary N) is 1. The van der Waals surface area contributed by atoms with Crippen LogP contribution in [0.3, 0.4) is 0 Å². The van der Waals surface area contributed by atoms with E-state index in [1.807, 2.05) is 37.0 Å². The molecule has 3 fully saturated rings. The highest BCUT2D eigenvalue weighted by atomic mass is 19.4. The number of alkyl halides is 3.